The van der Waals surface area contributed by atoms with E-state index in [2.05, 4.69) is 21.4 Å². The van der Waals surface area contributed by atoms with Gasteiger partial charge in [-0.2, -0.15) is 0 Å². The van der Waals surface area contributed by atoms with Gasteiger partial charge in [-0.15, -0.1) is 0 Å². The molecule has 1 fully saturated rings. The van der Waals surface area contributed by atoms with Crippen LogP contribution >= 0.6 is 0 Å². The number of para-hydroxylation sites is 1. The molecule has 0 aliphatic carbocycles. The number of benzene rings is 1. The van der Waals surface area contributed by atoms with E-state index in [1.165, 1.54) is 5.69 Å². The smallest absolute Gasteiger partial charge is 0.122 e. The van der Waals surface area contributed by atoms with Crippen molar-refractivity contribution < 1.29 is 9.84 Å². The van der Waals surface area contributed by atoms with Gasteiger partial charge in [0, 0.05) is 32.4 Å². The third-order valence-electron chi connectivity index (χ3n) is 4.53. The van der Waals surface area contributed by atoms with Crippen LogP contribution in [0.15, 0.2) is 36.8 Å². The van der Waals surface area contributed by atoms with E-state index in [1.807, 2.05) is 43.7 Å². The molecule has 0 saturated carbocycles. The fourth-order valence-corrected chi connectivity index (χ4v) is 3.12. The summed E-state index contributed by atoms with van der Waals surface area (Å²) >= 11 is 0. The zero-order valence-corrected chi connectivity index (χ0v) is 13.9. The fourth-order valence-electron chi connectivity index (χ4n) is 3.12. The molecular weight excluding hydrogens is 290 g/mol. The summed E-state index contributed by atoms with van der Waals surface area (Å²) in [5.41, 5.74) is 1.51. The average molecular weight is 315 g/mol. The number of nitrogens with zero attached hydrogens (tertiary/aromatic N) is 3. The zero-order chi connectivity index (χ0) is 16.3. The van der Waals surface area contributed by atoms with Crippen molar-refractivity contribution in [2.45, 2.75) is 39.0 Å². The summed E-state index contributed by atoms with van der Waals surface area (Å²) < 4.78 is 8.00. The first-order chi connectivity index (χ1) is 11.1. The molecule has 5 heteroatoms. The number of hydrogen-bond acceptors (Lipinski definition) is 4. The van der Waals surface area contributed by atoms with Crippen molar-refractivity contribution >= 4 is 0 Å². The van der Waals surface area contributed by atoms with E-state index in [-0.39, 0.29) is 0 Å². The van der Waals surface area contributed by atoms with Crippen LogP contribution in [0.5, 0.6) is 5.75 Å². The molecule has 1 N–H and O–H groups in total. The highest BCUT2D eigenvalue weighted by molar-refractivity contribution is 5.31. The number of β-amino-alcohol motifs (C(OH)–C–C–N with tert-alkyl or cyclic N) is 1. The van der Waals surface area contributed by atoms with Gasteiger partial charge in [-0.3, -0.25) is 4.90 Å². The van der Waals surface area contributed by atoms with E-state index in [0.29, 0.717) is 13.2 Å². The summed E-state index contributed by atoms with van der Waals surface area (Å²) in [7, 11) is 0. The van der Waals surface area contributed by atoms with Crippen LogP contribution in [0.3, 0.4) is 0 Å². The lowest BCUT2D eigenvalue weighted by Gasteiger charge is -2.24. The SMILES string of the molecule is CCn1cncc1CN1CC[C@](O)(COc2ccccc2C)C1. The number of aryl methyl sites for hydroxylation is 2. The first-order valence-corrected chi connectivity index (χ1v) is 8.22. The van der Waals surface area contributed by atoms with Crippen molar-refractivity contribution in [3.63, 3.8) is 0 Å². The second kappa shape index (κ2) is 6.72. The van der Waals surface area contributed by atoms with Crippen LogP contribution < -0.4 is 4.74 Å². The Labute approximate surface area is 137 Å². The minimum absolute atomic E-state index is 0.335. The first-order valence-electron chi connectivity index (χ1n) is 8.22. The Morgan fingerprint density at radius 2 is 2.17 bits per heavy atom. The van der Waals surface area contributed by atoms with Gasteiger partial charge in [-0.1, -0.05) is 18.2 Å². The highest BCUT2D eigenvalue weighted by atomic mass is 16.5. The molecule has 1 aliphatic rings. The van der Waals surface area contributed by atoms with Crippen molar-refractivity contribution in [2.24, 2.45) is 0 Å². The number of likely N-dealkylation sites (tertiary alicyclic amines) is 1. The van der Waals surface area contributed by atoms with Crippen LogP contribution in [0.2, 0.25) is 0 Å². The largest absolute Gasteiger partial charge is 0.490 e. The maximum atomic E-state index is 10.8. The van der Waals surface area contributed by atoms with Crippen molar-refractivity contribution in [1.29, 1.82) is 0 Å². The van der Waals surface area contributed by atoms with E-state index < -0.39 is 5.60 Å². The fraction of sp³-hybridized carbons (Fsp3) is 0.500. The molecular formula is C18H25N3O2. The van der Waals surface area contributed by atoms with Gasteiger partial charge < -0.3 is 14.4 Å². The molecule has 1 aromatic heterocycles. The molecule has 0 spiro atoms. The Hall–Kier alpha value is -1.85. The number of rotatable bonds is 6. The minimum Gasteiger partial charge on any atom is -0.490 e. The molecule has 2 heterocycles. The third kappa shape index (κ3) is 3.74. The minimum atomic E-state index is -0.778. The summed E-state index contributed by atoms with van der Waals surface area (Å²) in [6.07, 6.45) is 4.50. The van der Waals surface area contributed by atoms with Gasteiger partial charge in [0.05, 0.1) is 12.0 Å². The summed E-state index contributed by atoms with van der Waals surface area (Å²) in [5.74, 6) is 0.850. The van der Waals surface area contributed by atoms with Crippen LogP contribution in [0.1, 0.15) is 24.6 Å². The molecule has 1 aliphatic heterocycles. The molecule has 124 valence electrons. The van der Waals surface area contributed by atoms with E-state index in [1.54, 1.807) is 0 Å². The van der Waals surface area contributed by atoms with Crippen molar-refractivity contribution in [1.82, 2.24) is 14.5 Å². The molecule has 0 amide bonds. The van der Waals surface area contributed by atoms with Crippen molar-refractivity contribution in [2.75, 3.05) is 19.7 Å². The van der Waals surface area contributed by atoms with Crippen LogP contribution in [0, 0.1) is 6.92 Å². The third-order valence-corrected chi connectivity index (χ3v) is 4.53. The van der Waals surface area contributed by atoms with E-state index >= 15 is 0 Å². The molecule has 0 unspecified atom stereocenters. The lowest BCUT2D eigenvalue weighted by Crippen LogP contribution is -2.39. The molecule has 1 aromatic carbocycles. The first kappa shape index (κ1) is 16.0. The number of ether oxygens (including phenoxy) is 1. The number of aliphatic hydroxyl groups is 1. The van der Waals surface area contributed by atoms with Crippen molar-refractivity contribution in [3.05, 3.63) is 48.0 Å². The van der Waals surface area contributed by atoms with Crippen molar-refractivity contribution in [3.8, 4) is 5.75 Å². The normalized spacial score (nSPS) is 21.7. The van der Waals surface area contributed by atoms with Gasteiger partial charge >= 0.3 is 0 Å². The molecule has 3 rings (SSSR count). The molecule has 1 atom stereocenters. The maximum absolute atomic E-state index is 10.8. The lowest BCUT2D eigenvalue weighted by molar-refractivity contribution is 0.00305. The average Bonchev–Trinajstić information content (AvgIpc) is 3.14. The van der Waals surface area contributed by atoms with Gasteiger partial charge in [0.25, 0.3) is 0 Å². The van der Waals surface area contributed by atoms with Crippen LogP contribution in [-0.2, 0) is 13.1 Å². The number of hydrogen-bond donors (Lipinski definition) is 1. The topological polar surface area (TPSA) is 50.5 Å². The molecule has 5 nitrogen and oxygen atoms in total. The van der Waals surface area contributed by atoms with Gasteiger partial charge in [0.1, 0.15) is 18.0 Å². The second-order valence-corrected chi connectivity index (χ2v) is 6.41. The molecule has 23 heavy (non-hydrogen) atoms. The van der Waals surface area contributed by atoms with E-state index in [4.69, 9.17) is 4.74 Å². The van der Waals surface area contributed by atoms with Crippen LogP contribution in [0.25, 0.3) is 0 Å². The summed E-state index contributed by atoms with van der Waals surface area (Å²) in [5, 5.41) is 10.8. The monoisotopic (exact) mass is 315 g/mol. The number of aromatic nitrogens is 2. The predicted octanol–water partition coefficient (Wildman–Crippen LogP) is 2.23. The predicted molar refractivity (Wildman–Crippen MR) is 89.4 cm³/mol. The van der Waals surface area contributed by atoms with Gasteiger partial charge in [-0.05, 0) is 31.9 Å². The summed E-state index contributed by atoms with van der Waals surface area (Å²) in [6.45, 7) is 7.72. The van der Waals surface area contributed by atoms with Gasteiger partial charge in [-0.25, -0.2) is 4.98 Å². The Morgan fingerprint density at radius 3 is 2.96 bits per heavy atom. The zero-order valence-electron chi connectivity index (χ0n) is 13.9. The van der Waals surface area contributed by atoms with Crippen LogP contribution in [0.4, 0.5) is 0 Å². The molecule has 2 aromatic rings. The van der Waals surface area contributed by atoms with Gasteiger partial charge in [0.2, 0.25) is 0 Å². The Balaban J connectivity index is 1.56. The van der Waals surface area contributed by atoms with Crippen LogP contribution in [-0.4, -0.2) is 44.9 Å². The second-order valence-electron chi connectivity index (χ2n) is 6.41. The Morgan fingerprint density at radius 1 is 1.35 bits per heavy atom. The highest BCUT2D eigenvalue weighted by Gasteiger charge is 2.37. The van der Waals surface area contributed by atoms with E-state index in [9.17, 15) is 5.11 Å². The highest BCUT2D eigenvalue weighted by Crippen LogP contribution is 2.25. The molecule has 0 bridgehead atoms. The quantitative estimate of drug-likeness (QED) is 0.888. The summed E-state index contributed by atoms with van der Waals surface area (Å²) in [4.78, 5) is 6.47. The number of imidazole rings is 1. The molecule has 0 radical (unpaired) electrons. The maximum Gasteiger partial charge on any atom is 0.122 e. The summed E-state index contributed by atoms with van der Waals surface area (Å²) in [6, 6.07) is 7.92. The lowest BCUT2D eigenvalue weighted by atomic mass is 10.1. The van der Waals surface area contributed by atoms with Gasteiger partial charge in [0.15, 0.2) is 0 Å². The molecule has 1 saturated heterocycles. The Bertz CT molecular complexity index is 655. The standard InChI is InChI=1S/C18H25N3O2/c1-3-21-14-19-10-16(21)11-20-9-8-18(22,12-20)13-23-17-7-5-4-6-15(17)2/h4-7,10,14,22H,3,8-9,11-13H2,1-2H3/t18-/m1/s1. The van der Waals surface area contributed by atoms with E-state index in [0.717, 1.165) is 37.4 Å². The Kier molecular flexibility index (Phi) is 4.68.